The molecule has 0 bridgehead atoms. The average molecular weight is 91.1 g/mol. The minimum atomic E-state index is -0.870. The van der Waals surface area contributed by atoms with E-state index in [-0.39, 0.29) is 6.04 Å². The number of alkyl halides is 1. The van der Waals surface area contributed by atoms with Crippen LogP contribution in [0.15, 0.2) is 0 Å². The first kappa shape index (κ1) is 5.89. The Balaban J connectivity index is 2.99. The second-order valence-electron chi connectivity index (χ2n) is 1.54. The first-order valence-corrected chi connectivity index (χ1v) is 2.04. The van der Waals surface area contributed by atoms with Crippen LogP contribution in [-0.4, -0.2) is 12.2 Å². The number of halogens is 1. The molecule has 0 aromatic heterocycles. The van der Waals surface area contributed by atoms with Gasteiger partial charge in [-0.25, -0.2) is 4.39 Å². The number of hydrogen-bond acceptors (Lipinski definition) is 1. The molecule has 38 valence electrons. The highest BCUT2D eigenvalue weighted by molar-refractivity contribution is 4.58. The summed E-state index contributed by atoms with van der Waals surface area (Å²) in [5.41, 5.74) is 5.06. The molecule has 0 aromatic carbocycles. The SMILES string of the molecule is CC(N)C(C)F. The van der Waals surface area contributed by atoms with Gasteiger partial charge in [-0.15, -0.1) is 0 Å². The maximum absolute atomic E-state index is 11.7. The minimum Gasteiger partial charge on any atom is -0.325 e. The van der Waals surface area contributed by atoms with Gasteiger partial charge in [-0.1, -0.05) is 0 Å². The van der Waals surface area contributed by atoms with E-state index in [0.29, 0.717) is 0 Å². The minimum absolute atomic E-state index is 0.315. The van der Waals surface area contributed by atoms with E-state index in [1.165, 1.54) is 6.92 Å². The highest BCUT2D eigenvalue weighted by Gasteiger charge is 2.00. The molecule has 1 nitrogen and oxygen atoms in total. The van der Waals surface area contributed by atoms with Gasteiger partial charge in [0.05, 0.1) is 0 Å². The summed E-state index contributed by atoms with van der Waals surface area (Å²) in [7, 11) is 0. The topological polar surface area (TPSA) is 26.0 Å². The summed E-state index contributed by atoms with van der Waals surface area (Å²) in [6.07, 6.45) is -0.870. The fourth-order valence-corrected chi connectivity index (χ4v) is 0. The van der Waals surface area contributed by atoms with Crippen molar-refractivity contribution in [3.63, 3.8) is 0 Å². The van der Waals surface area contributed by atoms with Gasteiger partial charge < -0.3 is 5.73 Å². The maximum atomic E-state index is 11.7. The molecule has 2 unspecified atom stereocenters. The van der Waals surface area contributed by atoms with E-state index in [0.717, 1.165) is 0 Å². The van der Waals surface area contributed by atoms with E-state index in [1.54, 1.807) is 6.92 Å². The molecule has 0 aliphatic heterocycles. The molecule has 0 heterocycles. The van der Waals surface area contributed by atoms with Crippen LogP contribution in [0.5, 0.6) is 0 Å². The lowest BCUT2D eigenvalue weighted by atomic mass is 10.3. The molecule has 0 aliphatic rings. The van der Waals surface area contributed by atoms with Crippen molar-refractivity contribution in [2.24, 2.45) is 5.73 Å². The van der Waals surface area contributed by atoms with Crippen molar-refractivity contribution in [3.8, 4) is 0 Å². The Bertz CT molecular complexity index is 28.5. The van der Waals surface area contributed by atoms with Crippen LogP contribution in [-0.2, 0) is 0 Å². The molecule has 2 N–H and O–H groups in total. The number of nitrogens with two attached hydrogens (primary N) is 1. The molecule has 0 amide bonds. The second-order valence-corrected chi connectivity index (χ2v) is 1.54. The van der Waals surface area contributed by atoms with Gasteiger partial charge in [0.25, 0.3) is 0 Å². The standard InChI is InChI=1S/C4H10FN/c1-3(5)4(2)6/h3-4H,6H2,1-2H3. The van der Waals surface area contributed by atoms with Crippen molar-refractivity contribution in [1.29, 1.82) is 0 Å². The van der Waals surface area contributed by atoms with Crippen LogP contribution in [0.3, 0.4) is 0 Å². The summed E-state index contributed by atoms with van der Waals surface area (Å²) in [4.78, 5) is 0. The predicted molar refractivity (Wildman–Crippen MR) is 24.2 cm³/mol. The predicted octanol–water partition coefficient (Wildman–Crippen LogP) is 0.692. The van der Waals surface area contributed by atoms with E-state index in [2.05, 4.69) is 0 Å². The third-order valence-corrected chi connectivity index (χ3v) is 0.725. The van der Waals surface area contributed by atoms with Crippen LogP contribution in [0.4, 0.5) is 4.39 Å². The van der Waals surface area contributed by atoms with Crippen molar-refractivity contribution in [2.75, 3.05) is 0 Å². The Kier molecular flexibility index (Phi) is 2.09. The van der Waals surface area contributed by atoms with E-state index in [9.17, 15) is 4.39 Å². The molecule has 0 saturated heterocycles. The molecule has 2 atom stereocenters. The fraction of sp³-hybridized carbons (Fsp3) is 1.00. The summed E-state index contributed by atoms with van der Waals surface area (Å²) in [5.74, 6) is 0. The Morgan fingerprint density at radius 2 is 1.67 bits per heavy atom. The number of hydrogen-bond donors (Lipinski definition) is 1. The average Bonchev–Trinajstić information content (AvgIpc) is 1.36. The zero-order valence-electron chi connectivity index (χ0n) is 4.11. The quantitative estimate of drug-likeness (QED) is 0.505. The highest BCUT2D eigenvalue weighted by atomic mass is 19.1. The molecule has 2 heteroatoms. The van der Waals surface area contributed by atoms with Crippen molar-refractivity contribution in [3.05, 3.63) is 0 Å². The molecule has 0 aliphatic carbocycles. The van der Waals surface area contributed by atoms with Gasteiger partial charge in [0.15, 0.2) is 0 Å². The van der Waals surface area contributed by atoms with Gasteiger partial charge in [0.2, 0.25) is 0 Å². The van der Waals surface area contributed by atoms with Crippen molar-refractivity contribution >= 4 is 0 Å². The molecule has 6 heavy (non-hydrogen) atoms. The second kappa shape index (κ2) is 2.13. The summed E-state index contributed by atoms with van der Waals surface area (Å²) in [6.45, 7) is 3.09. The van der Waals surface area contributed by atoms with Gasteiger partial charge >= 0.3 is 0 Å². The molecule has 0 rings (SSSR count). The van der Waals surface area contributed by atoms with Crippen LogP contribution in [0.2, 0.25) is 0 Å². The van der Waals surface area contributed by atoms with Crippen LogP contribution in [0.1, 0.15) is 13.8 Å². The Morgan fingerprint density at radius 1 is 1.50 bits per heavy atom. The molecular weight excluding hydrogens is 81.0 g/mol. The third kappa shape index (κ3) is 2.15. The Hall–Kier alpha value is -0.110. The zero-order chi connectivity index (χ0) is 5.15. The largest absolute Gasteiger partial charge is 0.325 e. The monoisotopic (exact) mass is 91.1 g/mol. The van der Waals surface area contributed by atoms with Crippen LogP contribution in [0.25, 0.3) is 0 Å². The van der Waals surface area contributed by atoms with Crippen molar-refractivity contribution < 1.29 is 4.39 Å². The van der Waals surface area contributed by atoms with Gasteiger partial charge in [0, 0.05) is 6.04 Å². The van der Waals surface area contributed by atoms with Crippen molar-refractivity contribution in [2.45, 2.75) is 26.1 Å². The van der Waals surface area contributed by atoms with Crippen molar-refractivity contribution in [1.82, 2.24) is 0 Å². The van der Waals surface area contributed by atoms with Crippen LogP contribution >= 0.6 is 0 Å². The van der Waals surface area contributed by atoms with Gasteiger partial charge in [-0.2, -0.15) is 0 Å². The highest BCUT2D eigenvalue weighted by Crippen LogP contribution is 1.89. The molecule has 0 fully saturated rings. The molecule has 0 radical (unpaired) electrons. The van der Waals surface area contributed by atoms with Crippen LogP contribution in [0, 0.1) is 0 Å². The molecule has 0 saturated carbocycles. The number of rotatable bonds is 1. The maximum Gasteiger partial charge on any atom is 0.112 e. The van der Waals surface area contributed by atoms with Gasteiger partial charge in [-0.3, -0.25) is 0 Å². The third-order valence-electron chi connectivity index (χ3n) is 0.725. The lowest BCUT2D eigenvalue weighted by Crippen LogP contribution is -2.24. The lowest BCUT2D eigenvalue weighted by molar-refractivity contribution is 0.318. The summed E-state index contributed by atoms with van der Waals surface area (Å²) in [5, 5.41) is 0. The van der Waals surface area contributed by atoms with Crippen LogP contribution < -0.4 is 5.73 Å². The van der Waals surface area contributed by atoms with E-state index >= 15 is 0 Å². The summed E-state index contributed by atoms with van der Waals surface area (Å²) >= 11 is 0. The summed E-state index contributed by atoms with van der Waals surface area (Å²) in [6, 6.07) is -0.315. The van der Waals surface area contributed by atoms with Gasteiger partial charge in [-0.05, 0) is 13.8 Å². The van der Waals surface area contributed by atoms with E-state index < -0.39 is 6.17 Å². The zero-order valence-corrected chi connectivity index (χ0v) is 4.11. The van der Waals surface area contributed by atoms with E-state index in [4.69, 9.17) is 5.73 Å². The van der Waals surface area contributed by atoms with Gasteiger partial charge in [0.1, 0.15) is 6.17 Å². The fourth-order valence-electron chi connectivity index (χ4n) is 0. The molecule has 0 aromatic rings. The smallest absolute Gasteiger partial charge is 0.112 e. The first-order valence-electron chi connectivity index (χ1n) is 2.04. The Morgan fingerprint density at radius 3 is 1.67 bits per heavy atom. The van der Waals surface area contributed by atoms with E-state index in [1.807, 2.05) is 0 Å². The first-order chi connectivity index (χ1) is 2.64. The summed E-state index contributed by atoms with van der Waals surface area (Å²) < 4.78 is 11.7. The Labute approximate surface area is 37.3 Å². The molecular formula is C4H10FN. The molecule has 0 spiro atoms. The lowest BCUT2D eigenvalue weighted by Gasteiger charge is -2.01. The normalized spacial score (nSPS) is 20.0.